The van der Waals surface area contributed by atoms with E-state index < -0.39 is 30.4 Å². The van der Waals surface area contributed by atoms with Crippen LogP contribution in [-0.4, -0.2) is 41.2 Å². The van der Waals surface area contributed by atoms with Crippen molar-refractivity contribution in [3.63, 3.8) is 0 Å². The number of hydrogen-bond donors (Lipinski definition) is 2. The van der Waals surface area contributed by atoms with Gasteiger partial charge in [0.2, 0.25) is 5.91 Å². The van der Waals surface area contributed by atoms with Gasteiger partial charge in [-0.05, 0) is 54.7 Å². The lowest BCUT2D eigenvalue weighted by Gasteiger charge is -2.42. The molecule has 0 unspecified atom stereocenters. The third-order valence-electron chi connectivity index (χ3n) is 7.05. The largest absolute Gasteiger partial charge is 0.573 e. The predicted octanol–water partition coefficient (Wildman–Crippen LogP) is 4.12. The maximum absolute atomic E-state index is 13.0. The van der Waals surface area contributed by atoms with Crippen molar-refractivity contribution in [2.24, 2.45) is 11.3 Å². The molecule has 1 spiro atoms. The minimum absolute atomic E-state index is 0.0354. The van der Waals surface area contributed by atoms with E-state index in [4.69, 9.17) is 0 Å². The maximum atomic E-state index is 13.0. The molecule has 2 aliphatic rings. The number of benzene rings is 1. The second kappa shape index (κ2) is 9.23. The van der Waals surface area contributed by atoms with Crippen molar-refractivity contribution in [2.45, 2.75) is 71.3 Å². The Labute approximate surface area is 191 Å². The molecule has 33 heavy (non-hydrogen) atoms. The summed E-state index contributed by atoms with van der Waals surface area (Å²) in [5.74, 6) is -0.793. The van der Waals surface area contributed by atoms with Crippen molar-refractivity contribution in [1.82, 2.24) is 15.5 Å². The monoisotopic (exact) mass is 469 g/mol. The number of carbonyl (C=O) groups is 3. The van der Waals surface area contributed by atoms with Crippen LogP contribution in [0.4, 0.5) is 18.0 Å². The number of alkyl halides is 3. The number of urea groups is 1. The van der Waals surface area contributed by atoms with Crippen molar-refractivity contribution in [2.75, 3.05) is 6.54 Å². The fraction of sp³-hybridized carbons (Fsp3) is 0.609. The number of nitrogens with zero attached hydrogens (tertiary/aromatic N) is 1. The van der Waals surface area contributed by atoms with Crippen LogP contribution >= 0.6 is 0 Å². The number of imide groups is 1. The molecule has 7 nitrogen and oxygen atoms in total. The predicted molar refractivity (Wildman–Crippen MR) is 114 cm³/mol. The van der Waals surface area contributed by atoms with Crippen LogP contribution in [0.2, 0.25) is 0 Å². The van der Waals surface area contributed by atoms with Crippen LogP contribution in [0.1, 0.15) is 58.4 Å². The molecule has 4 amide bonds. The molecule has 1 aromatic rings. The summed E-state index contributed by atoms with van der Waals surface area (Å²) in [6.45, 7) is 6.22. The number of nitrogens with one attached hydrogen (secondary N) is 2. The first-order chi connectivity index (χ1) is 15.3. The smallest absolute Gasteiger partial charge is 0.406 e. The lowest BCUT2D eigenvalue weighted by Crippen LogP contribution is -2.51. The average molecular weight is 470 g/mol. The first-order valence-corrected chi connectivity index (χ1v) is 11.1. The molecule has 3 rings (SSSR count). The highest BCUT2D eigenvalue weighted by molar-refractivity contribution is 6.09. The molecule has 0 radical (unpaired) electrons. The van der Waals surface area contributed by atoms with Crippen molar-refractivity contribution >= 4 is 17.8 Å². The zero-order chi connectivity index (χ0) is 24.4. The molecule has 0 atom stereocenters. The van der Waals surface area contributed by atoms with Crippen LogP contribution in [0, 0.1) is 11.3 Å². The Kier molecular flexibility index (Phi) is 6.95. The Balaban J connectivity index is 1.52. The van der Waals surface area contributed by atoms with Crippen LogP contribution in [-0.2, 0) is 16.1 Å². The highest BCUT2D eigenvalue weighted by atomic mass is 19.4. The van der Waals surface area contributed by atoms with Crippen molar-refractivity contribution < 1.29 is 32.3 Å². The second-order valence-corrected chi connectivity index (χ2v) is 9.49. The van der Waals surface area contributed by atoms with Crippen molar-refractivity contribution in [3.05, 3.63) is 29.8 Å². The molecule has 1 aliphatic carbocycles. The van der Waals surface area contributed by atoms with Crippen LogP contribution in [0.3, 0.4) is 0 Å². The minimum atomic E-state index is -4.78. The summed E-state index contributed by atoms with van der Waals surface area (Å²) in [5, 5.41) is 5.40. The summed E-state index contributed by atoms with van der Waals surface area (Å²) in [7, 11) is 0. The molecule has 1 saturated heterocycles. The highest BCUT2D eigenvalue weighted by Gasteiger charge is 2.53. The van der Waals surface area contributed by atoms with Gasteiger partial charge in [-0.25, -0.2) is 4.79 Å². The molecule has 1 saturated carbocycles. The van der Waals surface area contributed by atoms with Crippen molar-refractivity contribution in [3.8, 4) is 5.75 Å². The van der Waals surface area contributed by atoms with E-state index >= 15 is 0 Å². The van der Waals surface area contributed by atoms with E-state index in [0.29, 0.717) is 24.3 Å². The topological polar surface area (TPSA) is 87.7 Å². The van der Waals surface area contributed by atoms with Gasteiger partial charge in [0.15, 0.2) is 0 Å². The molecule has 1 aromatic carbocycles. The van der Waals surface area contributed by atoms with Gasteiger partial charge in [0.25, 0.3) is 5.91 Å². The summed E-state index contributed by atoms with van der Waals surface area (Å²) in [6, 6.07) is 4.50. The zero-order valence-corrected chi connectivity index (χ0v) is 19.1. The SMILES string of the molecule is CCC(C)(C)C1CCC2(CC1)NC(=O)N(CC(=O)NCc1ccc(OC(F)(F)F)cc1)C2=O. The first-order valence-electron chi connectivity index (χ1n) is 11.1. The average Bonchev–Trinajstić information content (AvgIpc) is 2.96. The zero-order valence-electron chi connectivity index (χ0n) is 19.1. The van der Waals surface area contributed by atoms with E-state index in [9.17, 15) is 27.6 Å². The number of rotatable bonds is 7. The molecular weight excluding hydrogens is 439 g/mol. The molecule has 1 heterocycles. The van der Waals surface area contributed by atoms with Gasteiger partial charge in [0.1, 0.15) is 17.8 Å². The van der Waals surface area contributed by atoms with Gasteiger partial charge >= 0.3 is 12.4 Å². The molecule has 2 N–H and O–H groups in total. The quantitative estimate of drug-likeness (QED) is 0.588. The Morgan fingerprint density at radius 2 is 1.79 bits per heavy atom. The molecule has 182 valence electrons. The molecular formula is C23H30F3N3O4. The van der Waals surface area contributed by atoms with E-state index in [-0.39, 0.29) is 23.6 Å². The van der Waals surface area contributed by atoms with Gasteiger partial charge in [-0.3, -0.25) is 14.5 Å². The summed E-state index contributed by atoms with van der Waals surface area (Å²) < 4.78 is 40.5. The second-order valence-electron chi connectivity index (χ2n) is 9.49. The van der Waals surface area contributed by atoms with Gasteiger partial charge in [-0.2, -0.15) is 0 Å². The van der Waals surface area contributed by atoms with E-state index in [0.717, 1.165) is 36.3 Å². The fourth-order valence-electron chi connectivity index (χ4n) is 4.55. The Hall–Kier alpha value is -2.78. The Morgan fingerprint density at radius 1 is 1.18 bits per heavy atom. The van der Waals surface area contributed by atoms with E-state index in [1.807, 2.05) is 0 Å². The lowest BCUT2D eigenvalue weighted by atomic mass is 9.65. The summed E-state index contributed by atoms with van der Waals surface area (Å²) in [4.78, 5) is 38.8. The van der Waals surface area contributed by atoms with Crippen LogP contribution in [0.5, 0.6) is 5.75 Å². The first kappa shape index (κ1) is 24.9. The van der Waals surface area contributed by atoms with Crippen molar-refractivity contribution in [1.29, 1.82) is 0 Å². The number of halogens is 3. The molecule has 1 aliphatic heterocycles. The lowest BCUT2D eigenvalue weighted by molar-refractivity contribution is -0.274. The van der Waals surface area contributed by atoms with Crippen LogP contribution < -0.4 is 15.4 Å². The summed E-state index contributed by atoms with van der Waals surface area (Å²) in [6.07, 6.45) is -0.967. The van der Waals surface area contributed by atoms with E-state index in [2.05, 4.69) is 36.1 Å². The number of hydrogen-bond acceptors (Lipinski definition) is 4. The van der Waals surface area contributed by atoms with E-state index in [1.54, 1.807) is 0 Å². The normalized spacial score (nSPS) is 23.6. The number of carbonyl (C=O) groups excluding carboxylic acids is 3. The molecule has 0 aromatic heterocycles. The number of amides is 4. The van der Waals surface area contributed by atoms with Crippen LogP contribution in [0.25, 0.3) is 0 Å². The summed E-state index contributed by atoms with van der Waals surface area (Å²) in [5.41, 5.74) is -0.223. The molecule has 10 heteroatoms. The van der Waals surface area contributed by atoms with Gasteiger partial charge in [-0.1, -0.05) is 39.3 Å². The maximum Gasteiger partial charge on any atom is 0.573 e. The fourth-order valence-corrected chi connectivity index (χ4v) is 4.55. The van der Waals surface area contributed by atoms with E-state index in [1.165, 1.54) is 12.1 Å². The standard InChI is InChI=1S/C23H30F3N3O4/c1-4-21(2,3)16-9-11-22(12-10-16)19(31)29(20(32)28-22)14-18(30)27-13-15-5-7-17(8-6-15)33-23(24,25)26/h5-8,16H,4,9-14H2,1-3H3,(H,27,30)(H,28,32). The summed E-state index contributed by atoms with van der Waals surface area (Å²) >= 11 is 0. The number of ether oxygens (including phenoxy) is 1. The minimum Gasteiger partial charge on any atom is -0.406 e. The molecule has 2 fully saturated rings. The Bertz CT molecular complexity index is 891. The molecule has 0 bridgehead atoms. The van der Waals surface area contributed by atoms with Gasteiger partial charge in [0, 0.05) is 6.54 Å². The van der Waals surface area contributed by atoms with Gasteiger partial charge in [-0.15, -0.1) is 13.2 Å². The third-order valence-corrected chi connectivity index (χ3v) is 7.05. The van der Waals surface area contributed by atoms with Crippen LogP contribution in [0.15, 0.2) is 24.3 Å². The van der Waals surface area contributed by atoms with Gasteiger partial charge < -0.3 is 15.4 Å². The third kappa shape index (κ3) is 5.78. The Morgan fingerprint density at radius 3 is 2.33 bits per heavy atom. The highest BCUT2D eigenvalue weighted by Crippen LogP contribution is 2.45. The van der Waals surface area contributed by atoms with Gasteiger partial charge in [0.05, 0.1) is 0 Å².